The largest absolute Gasteiger partial charge is 0.454 e. The second kappa shape index (κ2) is 10.5. The molecule has 0 aliphatic rings. The van der Waals surface area contributed by atoms with Crippen molar-refractivity contribution in [2.45, 2.75) is 0 Å². The number of nitrogens with zero attached hydrogens (tertiary/aromatic N) is 3. The van der Waals surface area contributed by atoms with E-state index in [0.717, 1.165) is 11.0 Å². The predicted molar refractivity (Wildman–Crippen MR) is 106 cm³/mol. The van der Waals surface area contributed by atoms with E-state index < -0.39 is 41.5 Å². The van der Waals surface area contributed by atoms with E-state index in [1.54, 1.807) is 30.3 Å². The fraction of sp³-hybridized carbons (Fsp3) is 0.158. The van der Waals surface area contributed by atoms with Crippen LogP contribution in [0.5, 0.6) is 0 Å². The molecular formula is C19H15ClN4O6. The second-order valence-corrected chi connectivity index (χ2v) is 6.15. The summed E-state index contributed by atoms with van der Waals surface area (Å²) in [6.07, 6.45) is 0. The zero-order valence-electron chi connectivity index (χ0n) is 15.4. The summed E-state index contributed by atoms with van der Waals surface area (Å²) < 4.78 is 4.84. The Morgan fingerprint density at radius 2 is 1.90 bits per heavy atom. The summed E-state index contributed by atoms with van der Waals surface area (Å²) >= 11 is 5.68. The third-order valence-corrected chi connectivity index (χ3v) is 4.07. The van der Waals surface area contributed by atoms with Gasteiger partial charge >= 0.3 is 5.97 Å². The first kappa shape index (κ1) is 22.3. The molecule has 0 saturated carbocycles. The van der Waals surface area contributed by atoms with E-state index in [-0.39, 0.29) is 17.1 Å². The summed E-state index contributed by atoms with van der Waals surface area (Å²) in [6.45, 7) is -1.42. The lowest BCUT2D eigenvalue weighted by molar-refractivity contribution is -0.384. The van der Waals surface area contributed by atoms with Crippen LogP contribution >= 0.6 is 11.6 Å². The van der Waals surface area contributed by atoms with Crippen LogP contribution in [0.1, 0.15) is 10.4 Å². The molecule has 0 saturated heterocycles. The number of anilines is 1. The van der Waals surface area contributed by atoms with Gasteiger partial charge in [0.05, 0.1) is 11.0 Å². The number of carbonyl (C=O) groups is 3. The molecule has 30 heavy (non-hydrogen) atoms. The second-order valence-electron chi connectivity index (χ2n) is 5.74. The monoisotopic (exact) mass is 430 g/mol. The van der Waals surface area contributed by atoms with Gasteiger partial charge in [0.1, 0.15) is 18.1 Å². The van der Waals surface area contributed by atoms with Gasteiger partial charge in [0.2, 0.25) is 0 Å². The van der Waals surface area contributed by atoms with Crippen LogP contribution in [0.4, 0.5) is 11.4 Å². The molecule has 1 N–H and O–H groups in total. The molecule has 0 unspecified atom stereocenters. The maximum atomic E-state index is 12.3. The summed E-state index contributed by atoms with van der Waals surface area (Å²) in [4.78, 5) is 47.4. The maximum absolute atomic E-state index is 12.3. The van der Waals surface area contributed by atoms with Crippen molar-refractivity contribution in [2.75, 3.05) is 24.6 Å². The van der Waals surface area contributed by atoms with Crippen LogP contribution in [0.25, 0.3) is 0 Å². The zero-order chi connectivity index (χ0) is 22.1. The van der Waals surface area contributed by atoms with Crippen LogP contribution < -0.4 is 10.2 Å². The minimum absolute atomic E-state index is 0.0701. The quantitative estimate of drug-likeness (QED) is 0.292. The normalized spacial score (nSPS) is 9.87. The minimum Gasteiger partial charge on any atom is -0.454 e. The first-order chi connectivity index (χ1) is 14.3. The molecule has 0 spiro atoms. The first-order valence-electron chi connectivity index (χ1n) is 8.43. The highest BCUT2D eigenvalue weighted by Gasteiger charge is 2.19. The number of rotatable bonds is 8. The topological polar surface area (TPSA) is 143 Å². The molecule has 0 fully saturated rings. The Labute approximate surface area is 175 Å². The van der Waals surface area contributed by atoms with Gasteiger partial charge < -0.3 is 10.1 Å². The van der Waals surface area contributed by atoms with E-state index in [2.05, 4.69) is 5.32 Å². The van der Waals surface area contributed by atoms with E-state index in [1.165, 1.54) is 12.1 Å². The van der Waals surface area contributed by atoms with Gasteiger partial charge in [-0.05, 0) is 24.3 Å². The van der Waals surface area contributed by atoms with Crippen LogP contribution in [-0.2, 0) is 14.3 Å². The molecule has 2 aromatic rings. The number of halogens is 1. The third-order valence-electron chi connectivity index (χ3n) is 3.75. The fourth-order valence-electron chi connectivity index (χ4n) is 2.32. The molecule has 2 rings (SSSR count). The highest BCUT2D eigenvalue weighted by atomic mass is 35.5. The molecule has 2 amide bonds. The van der Waals surface area contributed by atoms with Crippen molar-refractivity contribution in [3.63, 3.8) is 0 Å². The molecular weight excluding hydrogens is 416 g/mol. The van der Waals surface area contributed by atoms with Crippen molar-refractivity contribution >= 4 is 40.8 Å². The number of nitro benzene ring substituents is 1. The Bertz CT molecular complexity index is 1010. The number of amides is 2. The van der Waals surface area contributed by atoms with Gasteiger partial charge in [-0.25, -0.2) is 0 Å². The molecule has 0 aromatic heterocycles. The van der Waals surface area contributed by atoms with E-state index in [1.807, 2.05) is 6.07 Å². The molecule has 2 aromatic carbocycles. The average molecular weight is 431 g/mol. The molecule has 0 aliphatic carbocycles. The Hall–Kier alpha value is -3.97. The van der Waals surface area contributed by atoms with Crippen LogP contribution in [0.15, 0.2) is 48.5 Å². The van der Waals surface area contributed by atoms with Crippen LogP contribution in [-0.4, -0.2) is 42.4 Å². The molecule has 0 radical (unpaired) electrons. The van der Waals surface area contributed by atoms with Crippen molar-refractivity contribution < 1.29 is 24.0 Å². The van der Waals surface area contributed by atoms with Gasteiger partial charge in [-0.3, -0.25) is 29.4 Å². The number of nitriles is 1. The molecule has 0 atom stereocenters. The predicted octanol–water partition coefficient (Wildman–Crippen LogP) is 2.08. The Balaban J connectivity index is 1.89. The first-order valence-corrected chi connectivity index (χ1v) is 8.81. The summed E-state index contributed by atoms with van der Waals surface area (Å²) in [5.74, 6) is -2.27. The number of benzene rings is 2. The Kier molecular flexibility index (Phi) is 7.84. The Morgan fingerprint density at radius 1 is 1.20 bits per heavy atom. The number of carbonyl (C=O) groups excluding carboxylic acids is 3. The summed E-state index contributed by atoms with van der Waals surface area (Å²) in [6, 6.07) is 13.7. The van der Waals surface area contributed by atoms with E-state index >= 15 is 0 Å². The summed E-state index contributed by atoms with van der Waals surface area (Å²) in [5.41, 5.74) is -0.0482. The van der Waals surface area contributed by atoms with Gasteiger partial charge in [0.25, 0.3) is 17.5 Å². The number of nitrogens with one attached hydrogen (secondary N) is 1. The highest BCUT2D eigenvalue weighted by Crippen LogP contribution is 2.24. The van der Waals surface area contributed by atoms with Gasteiger partial charge in [-0.15, -0.1) is 0 Å². The van der Waals surface area contributed by atoms with Crippen molar-refractivity contribution in [3.05, 3.63) is 69.2 Å². The highest BCUT2D eigenvalue weighted by molar-refractivity contribution is 6.32. The van der Waals surface area contributed by atoms with E-state index in [0.29, 0.717) is 5.69 Å². The lowest BCUT2D eigenvalue weighted by atomic mass is 10.2. The average Bonchev–Trinajstić information content (AvgIpc) is 2.74. The number of para-hydroxylation sites is 1. The van der Waals surface area contributed by atoms with Crippen molar-refractivity contribution in [1.29, 1.82) is 5.26 Å². The maximum Gasteiger partial charge on any atom is 0.325 e. The zero-order valence-corrected chi connectivity index (χ0v) is 16.2. The van der Waals surface area contributed by atoms with Gasteiger partial charge in [-0.2, -0.15) is 5.26 Å². The molecule has 0 heterocycles. The van der Waals surface area contributed by atoms with E-state index in [9.17, 15) is 24.5 Å². The smallest absolute Gasteiger partial charge is 0.325 e. The number of ether oxygens (including phenoxy) is 1. The molecule has 10 nitrogen and oxygen atoms in total. The minimum atomic E-state index is -0.898. The molecule has 0 bridgehead atoms. The van der Waals surface area contributed by atoms with Crippen molar-refractivity contribution in [2.24, 2.45) is 0 Å². The summed E-state index contributed by atoms with van der Waals surface area (Å²) in [5, 5.41) is 21.9. The van der Waals surface area contributed by atoms with Crippen LogP contribution in [0.3, 0.4) is 0 Å². The third kappa shape index (κ3) is 6.02. The van der Waals surface area contributed by atoms with Crippen molar-refractivity contribution in [3.8, 4) is 6.07 Å². The van der Waals surface area contributed by atoms with Gasteiger partial charge in [0.15, 0.2) is 6.61 Å². The number of hydrogen-bond donors (Lipinski definition) is 1. The van der Waals surface area contributed by atoms with Gasteiger partial charge in [0, 0.05) is 17.3 Å². The molecule has 0 aliphatic heterocycles. The molecule has 154 valence electrons. The van der Waals surface area contributed by atoms with Crippen LogP contribution in [0.2, 0.25) is 5.02 Å². The van der Waals surface area contributed by atoms with Crippen LogP contribution in [0, 0.1) is 21.4 Å². The van der Waals surface area contributed by atoms with Gasteiger partial charge in [-0.1, -0.05) is 29.8 Å². The lowest BCUT2D eigenvalue weighted by Crippen LogP contribution is -2.37. The fourth-order valence-corrected chi connectivity index (χ4v) is 2.51. The van der Waals surface area contributed by atoms with E-state index in [4.69, 9.17) is 21.6 Å². The molecule has 11 heteroatoms. The van der Waals surface area contributed by atoms with Crippen molar-refractivity contribution in [1.82, 2.24) is 5.32 Å². The standard InChI is InChI=1S/C19H15ClN4O6/c20-15-7-6-13(10-16(15)24(28)29)19(27)22-11-18(26)30-12-17(25)23(9-8-21)14-4-2-1-3-5-14/h1-7,10H,9,11-12H2,(H,22,27). The number of esters is 1. The number of nitro groups is 1. The lowest BCUT2D eigenvalue weighted by Gasteiger charge is -2.19. The number of hydrogen-bond acceptors (Lipinski definition) is 7. The summed E-state index contributed by atoms with van der Waals surface area (Å²) in [7, 11) is 0. The Morgan fingerprint density at radius 3 is 2.53 bits per heavy atom. The SMILES string of the molecule is N#CCN(C(=O)COC(=O)CNC(=O)c1ccc(Cl)c([N+](=O)[O-])c1)c1ccccc1.